The van der Waals surface area contributed by atoms with Crippen LogP contribution in [0.5, 0.6) is 0 Å². The molecule has 14 heavy (non-hydrogen) atoms. The highest BCUT2D eigenvalue weighted by atomic mass is 19.1. The van der Waals surface area contributed by atoms with E-state index in [0.29, 0.717) is 0 Å². The van der Waals surface area contributed by atoms with Crippen molar-refractivity contribution in [2.24, 2.45) is 0 Å². The average Bonchev–Trinajstić information content (AvgIpc) is 2.12. The first kappa shape index (κ1) is 10.4. The molecule has 1 aromatic rings. The van der Waals surface area contributed by atoms with Crippen LogP contribution >= 0.6 is 0 Å². The Kier molecular flexibility index (Phi) is 2.65. The van der Waals surface area contributed by atoms with Crippen molar-refractivity contribution >= 4 is 11.5 Å². The van der Waals surface area contributed by atoms with Gasteiger partial charge < -0.3 is 5.73 Å². The molecule has 1 rings (SSSR count). The van der Waals surface area contributed by atoms with Crippen LogP contribution in [0.2, 0.25) is 0 Å². The van der Waals surface area contributed by atoms with Gasteiger partial charge in [0.25, 0.3) is 0 Å². The van der Waals surface area contributed by atoms with Crippen molar-refractivity contribution < 1.29 is 13.6 Å². The van der Waals surface area contributed by atoms with E-state index in [4.69, 9.17) is 5.73 Å². The summed E-state index contributed by atoms with van der Waals surface area (Å²) >= 11 is 0. The van der Waals surface area contributed by atoms with E-state index in [1.54, 1.807) is 0 Å². The second-order valence-corrected chi connectivity index (χ2v) is 2.94. The van der Waals surface area contributed by atoms with Crippen LogP contribution in [0, 0.1) is 11.6 Å². The monoisotopic (exact) mass is 197 g/mol. The number of anilines is 1. The molecular weight excluding hydrogens is 188 g/mol. The Morgan fingerprint density at radius 2 is 2.00 bits per heavy atom. The molecule has 0 aliphatic carbocycles. The van der Waals surface area contributed by atoms with Crippen molar-refractivity contribution in [3.05, 3.63) is 41.5 Å². The van der Waals surface area contributed by atoms with Crippen molar-refractivity contribution in [1.82, 2.24) is 0 Å². The Hall–Kier alpha value is -1.71. The highest BCUT2D eigenvalue weighted by Crippen LogP contribution is 2.20. The third kappa shape index (κ3) is 1.64. The summed E-state index contributed by atoms with van der Waals surface area (Å²) in [6.45, 7) is 4.70. The molecule has 0 fully saturated rings. The van der Waals surface area contributed by atoms with Crippen LogP contribution in [0.15, 0.2) is 24.3 Å². The number of rotatable bonds is 2. The molecule has 2 N–H and O–H groups in total. The molecule has 0 aromatic heterocycles. The van der Waals surface area contributed by atoms with Gasteiger partial charge in [0, 0.05) is 0 Å². The minimum absolute atomic E-state index is 0.0633. The summed E-state index contributed by atoms with van der Waals surface area (Å²) in [6.07, 6.45) is 0. The van der Waals surface area contributed by atoms with E-state index < -0.39 is 23.0 Å². The highest BCUT2D eigenvalue weighted by Gasteiger charge is 2.19. The molecule has 1 aromatic carbocycles. The van der Waals surface area contributed by atoms with Gasteiger partial charge in [-0.2, -0.15) is 0 Å². The Bertz CT molecular complexity index is 413. The van der Waals surface area contributed by atoms with Gasteiger partial charge in [-0.05, 0) is 24.6 Å². The fraction of sp³-hybridized carbons (Fsp3) is 0.100. The lowest BCUT2D eigenvalue weighted by Crippen LogP contribution is -2.08. The van der Waals surface area contributed by atoms with Crippen LogP contribution in [-0.4, -0.2) is 5.78 Å². The van der Waals surface area contributed by atoms with Crippen LogP contribution in [0.25, 0.3) is 0 Å². The Morgan fingerprint density at radius 1 is 1.43 bits per heavy atom. The number of nitrogens with two attached hydrogens (primary N) is 1. The molecule has 0 amide bonds. The number of carbonyl (C=O) groups is 1. The molecule has 0 spiro atoms. The van der Waals surface area contributed by atoms with Crippen molar-refractivity contribution in [1.29, 1.82) is 0 Å². The quantitative estimate of drug-likeness (QED) is 0.449. The van der Waals surface area contributed by atoms with Crippen LogP contribution in [0.3, 0.4) is 0 Å². The summed E-state index contributed by atoms with van der Waals surface area (Å²) in [7, 11) is 0. The zero-order chi connectivity index (χ0) is 10.9. The van der Waals surface area contributed by atoms with Gasteiger partial charge in [-0.1, -0.05) is 6.58 Å². The molecule has 2 nitrogen and oxygen atoms in total. The minimum atomic E-state index is -1.03. The number of carbonyl (C=O) groups excluding carboxylic acids is 1. The molecule has 0 aliphatic rings. The molecule has 0 atom stereocenters. The summed E-state index contributed by atoms with van der Waals surface area (Å²) in [6, 6.07) is 2.02. The summed E-state index contributed by atoms with van der Waals surface area (Å²) in [5.74, 6) is -2.73. The van der Waals surface area contributed by atoms with Crippen LogP contribution < -0.4 is 5.73 Å². The molecule has 4 heteroatoms. The smallest absolute Gasteiger partial charge is 0.194 e. The maximum atomic E-state index is 13.2. The summed E-state index contributed by atoms with van der Waals surface area (Å²) in [4.78, 5) is 11.3. The van der Waals surface area contributed by atoms with E-state index >= 15 is 0 Å². The summed E-state index contributed by atoms with van der Waals surface area (Å²) in [5, 5.41) is 0. The van der Waals surface area contributed by atoms with E-state index in [9.17, 15) is 13.6 Å². The maximum Gasteiger partial charge on any atom is 0.194 e. The van der Waals surface area contributed by atoms with Crippen molar-refractivity contribution in [3.8, 4) is 0 Å². The predicted molar refractivity (Wildman–Crippen MR) is 49.9 cm³/mol. The van der Waals surface area contributed by atoms with Gasteiger partial charge in [-0.3, -0.25) is 4.79 Å². The van der Waals surface area contributed by atoms with Crippen molar-refractivity contribution in [2.75, 3.05) is 5.73 Å². The van der Waals surface area contributed by atoms with Gasteiger partial charge in [-0.25, -0.2) is 8.78 Å². The second-order valence-electron chi connectivity index (χ2n) is 2.94. The third-order valence-electron chi connectivity index (χ3n) is 1.74. The van der Waals surface area contributed by atoms with E-state index in [1.165, 1.54) is 6.92 Å². The van der Waals surface area contributed by atoms with Crippen molar-refractivity contribution in [3.63, 3.8) is 0 Å². The van der Waals surface area contributed by atoms with Gasteiger partial charge in [0.15, 0.2) is 11.6 Å². The van der Waals surface area contributed by atoms with E-state index in [0.717, 1.165) is 12.1 Å². The summed E-state index contributed by atoms with van der Waals surface area (Å²) < 4.78 is 26.3. The predicted octanol–water partition coefficient (Wildman–Crippen LogP) is 2.31. The van der Waals surface area contributed by atoms with E-state index in [-0.39, 0.29) is 11.3 Å². The highest BCUT2D eigenvalue weighted by molar-refractivity contribution is 6.08. The normalized spacial score (nSPS) is 9.93. The number of benzene rings is 1. The lowest BCUT2D eigenvalue weighted by Gasteiger charge is -2.05. The van der Waals surface area contributed by atoms with Crippen LogP contribution in [-0.2, 0) is 0 Å². The van der Waals surface area contributed by atoms with Crippen LogP contribution in [0.4, 0.5) is 14.5 Å². The third-order valence-corrected chi connectivity index (χ3v) is 1.74. The molecule has 0 unspecified atom stereocenters. The van der Waals surface area contributed by atoms with Crippen LogP contribution in [0.1, 0.15) is 17.3 Å². The molecule has 0 saturated heterocycles. The molecule has 0 saturated carbocycles. The zero-order valence-corrected chi connectivity index (χ0v) is 7.60. The fourth-order valence-corrected chi connectivity index (χ4v) is 0.990. The molecule has 0 radical (unpaired) electrons. The van der Waals surface area contributed by atoms with Gasteiger partial charge in [0.05, 0.1) is 11.3 Å². The topological polar surface area (TPSA) is 43.1 Å². The lowest BCUT2D eigenvalue weighted by molar-refractivity contribution is 0.102. The maximum absolute atomic E-state index is 13.2. The molecule has 0 heterocycles. The van der Waals surface area contributed by atoms with E-state index in [1.807, 2.05) is 0 Å². The molecule has 74 valence electrons. The number of nitrogen functional groups attached to an aromatic ring is 1. The van der Waals surface area contributed by atoms with E-state index in [2.05, 4.69) is 6.58 Å². The van der Waals surface area contributed by atoms with Gasteiger partial charge in [0.2, 0.25) is 0 Å². The number of hydrogen-bond acceptors (Lipinski definition) is 2. The lowest BCUT2D eigenvalue weighted by atomic mass is 10.0. The number of halogens is 2. The Labute approximate surface area is 80.0 Å². The molecular formula is C10H9F2NO. The Balaban J connectivity index is 3.40. The fourth-order valence-electron chi connectivity index (χ4n) is 0.990. The Morgan fingerprint density at radius 3 is 2.50 bits per heavy atom. The number of allylic oxidation sites excluding steroid dienone is 1. The first-order valence-electron chi connectivity index (χ1n) is 3.89. The number of Topliss-reactive ketones (excluding diaryl/α,β-unsaturated/α-hetero) is 1. The number of hydrogen-bond donors (Lipinski definition) is 1. The molecule has 0 bridgehead atoms. The minimum Gasteiger partial charge on any atom is -0.396 e. The zero-order valence-electron chi connectivity index (χ0n) is 7.60. The van der Waals surface area contributed by atoms with Gasteiger partial charge >= 0.3 is 0 Å². The standard InChI is InChI=1S/C10H9F2NO/c1-5(2)10(14)8-6(11)3-4-7(13)9(8)12/h3-4H,1,13H2,2H3. The van der Waals surface area contributed by atoms with Gasteiger partial charge in [0.1, 0.15) is 5.82 Å². The first-order chi connectivity index (χ1) is 6.45. The second kappa shape index (κ2) is 3.57. The SMILES string of the molecule is C=C(C)C(=O)c1c(F)ccc(N)c1F. The largest absolute Gasteiger partial charge is 0.396 e. The first-order valence-corrected chi connectivity index (χ1v) is 3.89. The average molecular weight is 197 g/mol. The summed E-state index contributed by atoms with van der Waals surface area (Å²) in [5.41, 5.74) is 4.37. The van der Waals surface area contributed by atoms with Crippen molar-refractivity contribution in [2.45, 2.75) is 6.92 Å². The van der Waals surface area contributed by atoms with Gasteiger partial charge in [-0.15, -0.1) is 0 Å². The molecule has 0 aliphatic heterocycles. The number of ketones is 1.